The lowest BCUT2D eigenvalue weighted by Gasteiger charge is -2.24. The van der Waals surface area contributed by atoms with E-state index in [1.54, 1.807) is 7.11 Å². The van der Waals surface area contributed by atoms with Crippen molar-refractivity contribution in [1.82, 2.24) is 14.3 Å². The highest BCUT2D eigenvalue weighted by atomic mass is 16.5. The second-order valence-electron chi connectivity index (χ2n) is 6.75. The summed E-state index contributed by atoms with van der Waals surface area (Å²) >= 11 is 0. The molecule has 1 aromatic carbocycles. The fourth-order valence-electron chi connectivity index (χ4n) is 3.78. The predicted octanol–water partition coefficient (Wildman–Crippen LogP) is 2.96. The Labute approximate surface area is 147 Å². The standard InChI is InChI=1S/C20H23N3O2/c1-14-5-4-8-23-16(11-21-20(14)23)12-22-13-17(24)10-19(22)15-6-3-7-18(9-15)25-2/h3-9,11,17,19,24H,10,12-13H2,1-2H3/t17-,19-/m1/s1. The number of imidazole rings is 1. The number of aliphatic hydroxyl groups is 1. The van der Waals surface area contributed by atoms with Gasteiger partial charge in [0.25, 0.3) is 0 Å². The van der Waals surface area contributed by atoms with E-state index in [2.05, 4.69) is 45.6 Å². The fraction of sp³-hybridized carbons (Fsp3) is 0.350. The van der Waals surface area contributed by atoms with Crippen molar-refractivity contribution in [2.24, 2.45) is 0 Å². The number of fused-ring (bicyclic) bond motifs is 1. The third-order valence-corrected chi connectivity index (χ3v) is 5.03. The van der Waals surface area contributed by atoms with Crippen molar-refractivity contribution in [1.29, 1.82) is 0 Å². The topological polar surface area (TPSA) is 50.0 Å². The maximum atomic E-state index is 10.2. The van der Waals surface area contributed by atoms with Gasteiger partial charge < -0.3 is 14.2 Å². The van der Waals surface area contributed by atoms with E-state index in [4.69, 9.17) is 4.74 Å². The number of aromatic nitrogens is 2. The minimum absolute atomic E-state index is 0.181. The van der Waals surface area contributed by atoms with E-state index < -0.39 is 0 Å². The molecular formula is C20H23N3O2. The number of nitrogens with zero attached hydrogens (tertiary/aromatic N) is 3. The highest BCUT2D eigenvalue weighted by Gasteiger charge is 2.32. The quantitative estimate of drug-likeness (QED) is 0.795. The zero-order valence-corrected chi connectivity index (χ0v) is 14.6. The first-order chi connectivity index (χ1) is 12.2. The van der Waals surface area contributed by atoms with Gasteiger partial charge >= 0.3 is 0 Å². The number of aryl methyl sites for hydroxylation is 1. The Morgan fingerprint density at radius 3 is 3.00 bits per heavy atom. The van der Waals surface area contributed by atoms with Gasteiger partial charge in [-0.25, -0.2) is 4.98 Å². The van der Waals surface area contributed by atoms with Gasteiger partial charge in [-0.15, -0.1) is 0 Å². The molecule has 1 aliphatic rings. The lowest BCUT2D eigenvalue weighted by Crippen LogP contribution is -2.25. The van der Waals surface area contributed by atoms with Crippen molar-refractivity contribution in [2.45, 2.75) is 32.0 Å². The van der Waals surface area contributed by atoms with E-state index >= 15 is 0 Å². The summed E-state index contributed by atoms with van der Waals surface area (Å²) in [7, 11) is 1.68. The highest BCUT2D eigenvalue weighted by Crippen LogP contribution is 2.34. The molecule has 130 valence electrons. The van der Waals surface area contributed by atoms with E-state index in [-0.39, 0.29) is 12.1 Å². The van der Waals surface area contributed by atoms with Crippen LogP contribution in [0.15, 0.2) is 48.8 Å². The Balaban J connectivity index is 1.64. The van der Waals surface area contributed by atoms with Crippen molar-refractivity contribution in [2.75, 3.05) is 13.7 Å². The van der Waals surface area contributed by atoms with Crippen LogP contribution < -0.4 is 4.74 Å². The van der Waals surface area contributed by atoms with E-state index in [9.17, 15) is 5.11 Å². The number of aliphatic hydroxyl groups excluding tert-OH is 1. The van der Waals surface area contributed by atoms with Crippen LogP contribution in [0.25, 0.3) is 5.65 Å². The van der Waals surface area contributed by atoms with Crippen LogP contribution in [0.5, 0.6) is 5.75 Å². The molecule has 1 saturated heterocycles. The van der Waals surface area contributed by atoms with Gasteiger partial charge in [-0.2, -0.15) is 0 Å². The second-order valence-corrected chi connectivity index (χ2v) is 6.75. The number of hydrogen-bond acceptors (Lipinski definition) is 4. The van der Waals surface area contributed by atoms with Crippen LogP contribution in [-0.4, -0.2) is 39.1 Å². The van der Waals surface area contributed by atoms with E-state index in [0.717, 1.165) is 30.1 Å². The second kappa shape index (κ2) is 6.50. The first kappa shape index (κ1) is 16.1. The first-order valence-corrected chi connectivity index (χ1v) is 8.63. The number of hydrogen-bond donors (Lipinski definition) is 1. The molecule has 1 fully saturated rings. The van der Waals surface area contributed by atoms with Crippen LogP contribution in [0.2, 0.25) is 0 Å². The number of pyridine rings is 1. The Morgan fingerprint density at radius 2 is 2.16 bits per heavy atom. The molecule has 0 unspecified atom stereocenters. The van der Waals surface area contributed by atoms with Gasteiger partial charge in [0.05, 0.1) is 25.1 Å². The lowest BCUT2D eigenvalue weighted by molar-refractivity contribution is 0.172. The summed E-state index contributed by atoms with van der Waals surface area (Å²) in [6, 6.07) is 12.4. The molecule has 0 spiro atoms. The van der Waals surface area contributed by atoms with Crippen molar-refractivity contribution in [3.05, 3.63) is 65.6 Å². The molecule has 3 heterocycles. The van der Waals surface area contributed by atoms with E-state index in [0.29, 0.717) is 6.54 Å². The van der Waals surface area contributed by atoms with Crippen molar-refractivity contribution >= 4 is 5.65 Å². The predicted molar refractivity (Wildman–Crippen MR) is 96.7 cm³/mol. The lowest BCUT2D eigenvalue weighted by atomic mass is 10.0. The maximum Gasteiger partial charge on any atom is 0.139 e. The smallest absolute Gasteiger partial charge is 0.139 e. The number of rotatable bonds is 4. The number of likely N-dealkylation sites (tertiary alicyclic amines) is 1. The Kier molecular flexibility index (Phi) is 4.19. The Hall–Kier alpha value is -2.37. The average molecular weight is 337 g/mol. The zero-order chi connectivity index (χ0) is 17.4. The number of β-amino-alcohol motifs (C(OH)–C–C–N with tert-alkyl or cyclic N) is 1. The molecule has 0 radical (unpaired) electrons. The SMILES string of the molecule is COc1cccc([C@H]2C[C@@H](O)CN2Cc2cnc3c(C)cccn23)c1. The van der Waals surface area contributed by atoms with Gasteiger partial charge in [-0.3, -0.25) is 4.90 Å². The third kappa shape index (κ3) is 3.01. The van der Waals surface area contributed by atoms with Gasteiger partial charge in [0.1, 0.15) is 11.4 Å². The van der Waals surface area contributed by atoms with Crippen molar-refractivity contribution < 1.29 is 9.84 Å². The largest absolute Gasteiger partial charge is 0.497 e. The summed E-state index contributed by atoms with van der Waals surface area (Å²) in [5, 5.41) is 10.2. The molecule has 0 amide bonds. The molecule has 0 bridgehead atoms. The molecule has 2 aromatic heterocycles. The van der Waals surface area contributed by atoms with Crippen LogP contribution in [0, 0.1) is 6.92 Å². The molecule has 1 N–H and O–H groups in total. The summed E-state index contributed by atoms with van der Waals surface area (Å²) in [4.78, 5) is 6.88. The van der Waals surface area contributed by atoms with Crippen molar-refractivity contribution in [3.63, 3.8) is 0 Å². The van der Waals surface area contributed by atoms with Crippen molar-refractivity contribution in [3.8, 4) is 5.75 Å². The van der Waals surface area contributed by atoms with Gasteiger partial charge in [0, 0.05) is 25.3 Å². The normalized spacial score (nSPS) is 21.1. The highest BCUT2D eigenvalue weighted by molar-refractivity contribution is 5.48. The number of benzene rings is 1. The molecular weight excluding hydrogens is 314 g/mol. The minimum atomic E-state index is -0.308. The fourth-order valence-corrected chi connectivity index (χ4v) is 3.78. The summed E-state index contributed by atoms with van der Waals surface area (Å²) < 4.78 is 7.50. The number of ether oxygens (including phenoxy) is 1. The number of methoxy groups -OCH3 is 1. The molecule has 4 rings (SSSR count). The van der Waals surface area contributed by atoms with Gasteiger partial charge in [0.15, 0.2) is 0 Å². The Bertz CT molecular complexity index is 890. The first-order valence-electron chi connectivity index (χ1n) is 8.63. The summed E-state index contributed by atoms with van der Waals surface area (Å²) in [6.07, 6.45) is 4.42. The summed E-state index contributed by atoms with van der Waals surface area (Å²) in [5.41, 5.74) is 4.48. The minimum Gasteiger partial charge on any atom is -0.497 e. The zero-order valence-electron chi connectivity index (χ0n) is 14.6. The van der Waals surface area contributed by atoms with Crippen LogP contribution >= 0.6 is 0 Å². The third-order valence-electron chi connectivity index (χ3n) is 5.03. The molecule has 25 heavy (non-hydrogen) atoms. The van der Waals surface area contributed by atoms with Crippen LogP contribution in [0.4, 0.5) is 0 Å². The van der Waals surface area contributed by atoms with Crippen LogP contribution in [0.3, 0.4) is 0 Å². The van der Waals surface area contributed by atoms with E-state index in [1.165, 1.54) is 11.1 Å². The molecule has 0 saturated carbocycles. The summed E-state index contributed by atoms with van der Waals surface area (Å²) in [6.45, 7) is 3.50. The van der Waals surface area contributed by atoms with E-state index in [1.807, 2.05) is 24.4 Å². The monoisotopic (exact) mass is 337 g/mol. The Morgan fingerprint density at radius 1 is 1.28 bits per heavy atom. The molecule has 2 atom stereocenters. The van der Waals surface area contributed by atoms with Crippen LogP contribution in [0.1, 0.15) is 29.3 Å². The molecule has 1 aliphatic heterocycles. The molecule has 5 heteroatoms. The van der Waals surface area contributed by atoms with Gasteiger partial charge in [-0.1, -0.05) is 18.2 Å². The maximum absolute atomic E-state index is 10.2. The summed E-state index contributed by atoms with van der Waals surface area (Å²) in [5.74, 6) is 0.851. The average Bonchev–Trinajstić information content (AvgIpc) is 3.20. The molecule has 5 nitrogen and oxygen atoms in total. The van der Waals surface area contributed by atoms with Gasteiger partial charge in [-0.05, 0) is 42.7 Å². The van der Waals surface area contributed by atoms with Crippen LogP contribution in [-0.2, 0) is 6.54 Å². The molecule has 3 aromatic rings. The van der Waals surface area contributed by atoms with Gasteiger partial charge in [0.2, 0.25) is 0 Å². The molecule has 0 aliphatic carbocycles.